The average Bonchev–Trinajstić information content (AvgIpc) is 3.18. The van der Waals surface area contributed by atoms with Gasteiger partial charge in [0.05, 0.1) is 11.8 Å². The van der Waals surface area contributed by atoms with Crippen LogP contribution in [0.25, 0.3) is 0 Å². The average molecular weight is 550 g/mol. The van der Waals surface area contributed by atoms with E-state index in [0.29, 0.717) is 24.3 Å². The highest BCUT2D eigenvalue weighted by Crippen LogP contribution is 2.35. The third-order valence-electron chi connectivity index (χ3n) is 7.66. The second kappa shape index (κ2) is 13.1. The van der Waals surface area contributed by atoms with Crippen LogP contribution >= 0.6 is 11.6 Å². The van der Waals surface area contributed by atoms with E-state index < -0.39 is 6.04 Å². The van der Waals surface area contributed by atoms with Gasteiger partial charge in [-0.05, 0) is 49.4 Å². The van der Waals surface area contributed by atoms with Gasteiger partial charge in [0.15, 0.2) is 0 Å². The van der Waals surface area contributed by atoms with Crippen molar-refractivity contribution in [2.24, 2.45) is 11.8 Å². The van der Waals surface area contributed by atoms with Crippen LogP contribution in [0.2, 0.25) is 5.02 Å². The zero-order chi connectivity index (χ0) is 27.9. The summed E-state index contributed by atoms with van der Waals surface area (Å²) in [4.78, 5) is 56.2. The molecule has 7 nitrogen and oxygen atoms in total. The van der Waals surface area contributed by atoms with Crippen LogP contribution in [0.4, 0.5) is 0 Å². The molecule has 206 valence electrons. The van der Waals surface area contributed by atoms with Crippen LogP contribution in [0.1, 0.15) is 50.7 Å². The Morgan fingerprint density at radius 1 is 1.00 bits per heavy atom. The molecule has 39 heavy (non-hydrogen) atoms. The van der Waals surface area contributed by atoms with E-state index in [9.17, 15) is 19.2 Å². The van der Waals surface area contributed by atoms with Gasteiger partial charge in [-0.3, -0.25) is 24.1 Å². The van der Waals surface area contributed by atoms with Gasteiger partial charge >= 0.3 is 0 Å². The molecule has 2 aromatic carbocycles. The second-order valence-electron chi connectivity index (χ2n) is 10.4. The Morgan fingerprint density at radius 3 is 2.26 bits per heavy atom. The summed E-state index contributed by atoms with van der Waals surface area (Å²) in [6.07, 6.45) is 6.00. The number of hydrogen-bond acceptors (Lipinski definition) is 4. The van der Waals surface area contributed by atoms with Gasteiger partial charge in [-0.25, -0.2) is 0 Å². The number of rotatable bonds is 11. The Kier molecular flexibility index (Phi) is 9.57. The fourth-order valence-corrected chi connectivity index (χ4v) is 5.48. The number of likely N-dealkylation sites (tertiary alicyclic amines) is 1. The number of halogens is 1. The summed E-state index contributed by atoms with van der Waals surface area (Å²) in [5.41, 5.74) is 1.71. The van der Waals surface area contributed by atoms with Crippen LogP contribution in [0.15, 0.2) is 66.7 Å². The van der Waals surface area contributed by atoms with Gasteiger partial charge in [-0.1, -0.05) is 73.1 Å². The zero-order valence-electron chi connectivity index (χ0n) is 22.5. The standard InChI is InChI=1S/C31H36ClN3O4/c1-3-21(2)33-29(37)27(19-22-10-5-4-6-11-22)35(20-23-12-9-13-24(32)18-23)28(36)16-17-34-30(38)25-14-7-8-15-26(25)31(34)39/h4-13,18,21,25-27H,3,14-17,19-20H2,1-2H3,(H,33,37)/t21?,25-,26+,27?. The summed E-state index contributed by atoms with van der Waals surface area (Å²) in [6, 6.07) is 15.9. The summed E-state index contributed by atoms with van der Waals surface area (Å²) < 4.78 is 0. The number of benzene rings is 2. The molecular formula is C31H36ClN3O4. The molecule has 0 saturated carbocycles. The quantitative estimate of drug-likeness (QED) is 0.329. The highest BCUT2D eigenvalue weighted by molar-refractivity contribution is 6.30. The SMILES string of the molecule is CCC(C)NC(=O)C(Cc1ccccc1)N(Cc1cccc(Cl)c1)C(=O)CCN1C(=O)[C@H]2CC=CC[C@H]2C1=O. The predicted molar refractivity (Wildman–Crippen MR) is 151 cm³/mol. The molecule has 8 heteroatoms. The Balaban J connectivity index is 1.59. The molecule has 2 aliphatic rings. The number of carbonyl (C=O) groups excluding carboxylic acids is 4. The van der Waals surface area contributed by atoms with Crippen LogP contribution in [-0.4, -0.2) is 52.1 Å². The first-order valence-electron chi connectivity index (χ1n) is 13.7. The van der Waals surface area contributed by atoms with Gasteiger partial charge in [0.1, 0.15) is 6.04 Å². The van der Waals surface area contributed by atoms with Crippen molar-refractivity contribution in [3.8, 4) is 0 Å². The lowest BCUT2D eigenvalue weighted by molar-refractivity contribution is -0.144. The smallest absolute Gasteiger partial charge is 0.243 e. The molecule has 4 atom stereocenters. The van der Waals surface area contributed by atoms with Gasteiger partial charge in [-0.15, -0.1) is 0 Å². The van der Waals surface area contributed by atoms with Crippen molar-refractivity contribution < 1.29 is 19.2 Å². The molecule has 1 N–H and O–H groups in total. The van der Waals surface area contributed by atoms with Crippen molar-refractivity contribution in [1.82, 2.24) is 15.1 Å². The maximum atomic E-state index is 13.9. The number of allylic oxidation sites excluding steroid dienone is 2. The molecule has 2 aromatic rings. The van der Waals surface area contributed by atoms with Crippen LogP contribution in [0.3, 0.4) is 0 Å². The summed E-state index contributed by atoms with van der Waals surface area (Å²) in [7, 11) is 0. The number of nitrogens with zero attached hydrogens (tertiary/aromatic N) is 2. The Morgan fingerprint density at radius 2 is 1.64 bits per heavy atom. The maximum Gasteiger partial charge on any atom is 0.243 e. The molecule has 4 amide bonds. The van der Waals surface area contributed by atoms with Crippen molar-refractivity contribution in [3.63, 3.8) is 0 Å². The molecule has 0 aromatic heterocycles. The first kappa shape index (κ1) is 28.6. The van der Waals surface area contributed by atoms with Crippen molar-refractivity contribution in [2.45, 2.75) is 64.6 Å². The number of carbonyl (C=O) groups is 4. The van der Waals surface area contributed by atoms with Crippen LogP contribution in [-0.2, 0) is 32.1 Å². The number of hydrogen-bond donors (Lipinski definition) is 1. The van der Waals surface area contributed by atoms with Gasteiger partial charge < -0.3 is 10.2 Å². The van der Waals surface area contributed by atoms with Gasteiger partial charge in [0.25, 0.3) is 0 Å². The minimum Gasteiger partial charge on any atom is -0.352 e. The van der Waals surface area contributed by atoms with E-state index >= 15 is 0 Å². The summed E-state index contributed by atoms with van der Waals surface area (Å²) in [5.74, 6) is -1.64. The third-order valence-corrected chi connectivity index (χ3v) is 7.90. The topological polar surface area (TPSA) is 86.8 Å². The monoisotopic (exact) mass is 549 g/mol. The third kappa shape index (κ3) is 6.95. The van der Waals surface area contributed by atoms with E-state index in [-0.39, 0.29) is 61.0 Å². The van der Waals surface area contributed by atoms with Crippen LogP contribution < -0.4 is 5.32 Å². The maximum absolute atomic E-state index is 13.9. The van der Waals surface area contributed by atoms with E-state index in [4.69, 9.17) is 11.6 Å². The lowest BCUT2D eigenvalue weighted by Crippen LogP contribution is -2.52. The Hall–Kier alpha value is -3.45. The molecule has 0 spiro atoms. The van der Waals surface area contributed by atoms with E-state index in [0.717, 1.165) is 17.5 Å². The molecule has 1 aliphatic heterocycles. The van der Waals surface area contributed by atoms with Crippen molar-refractivity contribution >= 4 is 35.2 Å². The van der Waals surface area contributed by atoms with E-state index in [1.54, 1.807) is 17.0 Å². The van der Waals surface area contributed by atoms with Crippen molar-refractivity contribution in [2.75, 3.05) is 6.54 Å². The zero-order valence-corrected chi connectivity index (χ0v) is 23.3. The number of nitrogens with one attached hydrogen (secondary N) is 1. The highest BCUT2D eigenvalue weighted by atomic mass is 35.5. The highest BCUT2D eigenvalue weighted by Gasteiger charge is 2.47. The molecule has 2 unspecified atom stereocenters. The van der Waals surface area contributed by atoms with E-state index in [1.165, 1.54) is 4.90 Å². The summed E-state index contributed by atoms with van der Waals surface area (Å²) in [5, 5.41) is 3.58. The molecular weight excluding hydrogens is 514 g/mol. The Bertz CT molecular complexity index is 1210. The fourth-order valence-electron chi connectivity index (χ4n) is 5.27. The molecule has 0 radical (unpaired) electrons. The molecule has 0 bridgehead atoms. The van der Waals surface area contributed by atoms with Crippen LogP contribution in [0, 0.1) is 11.8 Å². The predicted octanol–water partition coefficient (Wildman–Crippen LogP) is 4.54. The van der Waals surface area contributed by atoms with Gasteiger partial charge in [-0.2, -0.15) is 0 Å². The number of amides is 4. The first-order valence-corrected chi connectivity index (χ1v) is 14.0. The number of fused-ring (bicyclic) bond motifs is 1. The molecule has 1 aliphatic carbocycles. The lowest BCUT2D eigenvalue weighted by atomic mass is 9.85. The fraction of sp³-hybridized carbons (Fsp3) is 0.419. The van der Waals surface area contributed by atoms with Gasteiger partial charge in [0.2, 0.25) is 23.6 Å². The minimum absolute atomic E-state index is 0.000580. The summed E-state index contributed by atoms with van der Waals surface area (Å²) in [6.45, 7) is 4.09. The van der Waals surface area contributed by atoms with Crippen LogP contribution in [0.5, 0.6) is 0 Å². The largest absolute Gasteiger partial charge is 0.352 e. The molecule has 1 saturated heterocycles. The van der Waals surface area contributed by atoms with Crippen molar-refractivity contribution in [3.05, 3.63) is 82.9 Å². The van der Waals surface area contributed by atoms with E-state index in [1.807, 2.05) is 68.5 Å². The summed E-state index contributed by atoms with van der Waals surface area (Å²) >= 11 is 6.24. The molecule has 4 rings (SSSR count). The minimum atomic E-state index is -0.787. The van der Waals surface area contributed by atoms with Gasteiger partial charge in [0, 0.05) is 37.0 Å². The molecule has 1 heterocycles. The van der Waals surface area contributed by atoms with Crippen molar-refractivity contribution in [1.29, 1.82) is 0 Å². The lowest BCUT2D eigenvalue weighted by Gasteiger charge is -2.33. The molecule has 1 fully saturated rings. The number of imide groups is 1. The second-order valence-corrected chi connectivity index (χ2v) is 10.8. The Labute approximate surface area is 235 Å². The first-order chi connectivity index (χ1) is 18.8. The van der Waals surface area contributed by atoms with E-state index in [2.05, 4.69) is 5.32 Å². The normalized spacial score (nSPS) is 19.9.